The lowest BCUT2D eigenvalue weighted by Crippen LogP contribution is -2.51. The zero-order valence-electron chi connectivity index (χ0n) is 18.1. The van der Waals surface area contributed by atoms with Gasteiger partial charge in [0.15, 0.2) is 28.6 Å². The van der Waals surface area contributed by atoms with E-state index in [9.17, 15) is 14.4 Å². The Morgan fingerprint density at radius 2 is 1.97 bits per heavy atom. The number of carbonyl (C=O) groups excluding carboxylic acids is 3. The van der Waals surface area contributed by atoms with Crippen molar-refractivity contribution in [3.05, 3.63) is 30.1 Å². The van der Waals surface area contributed by atoms with E-state index in [1.54, 1.807) is 11.6 Å². The third-order valence-corrected chi connectivity index (χ3v) is 7.12. The van der Waals surface area contributed by atoms with Crippen molar-refractivity contribution >= 4 is 29.6 Å². The molecule has 1 aromatic heterocycles. The van der Waals surface area contributed by atoms with Gasteiger partial charge in [-0.3, -0.25) is 15.0 Å². The van der Waals surface area contributed by atoms with Crippen molar-refractivity contribution < 1.29 is 23.9 Å². The molecule has 12 heteroatoms. The van der Waals surface area contributed by atoms with Crippen LogP contribution in [0.15, 0.2) is 29.4 Å². The Hall–Kier alpha value is -3.28. The summed E-state index contributed by atoms with van der Waals surface area (Å²) in [5, 5.41) is 12.4. The molecule has 2 fully saturated rings. The minimum Gasteiger partial charge on any atom is -0.485 e. The molecule has 33 heavy (non-hydrogen) atoms. The normalized spacial score (nSPS) is 21.2. The first-order valence-corrected chi connectivity index (χ1v) is 11.8. The standard InChI is InChI=1S/C21H24N6O5S/c1-26-17(15-11-31-13-7-3-4-8-14(13)32-15)23-24-20(26)33-12-16(28)25-27-18(29)21(22-19(27)30)9-5-2-6-10-21/h3-4,7-8,15H,2,5-6,9-12H2,1H3,(H,22,30)(H,25,28). The molecular formula is C21H24N6O5S. The van der Waals surface area contributed by atoms with E-state index in [1.807, 2.05) is 24.3 Å². The van der Waals surface area contributed by atoms with Gasteiger partial charge in [-0.25, -0.2) is 4.79 Å². The molecule has 1 unspecified atom stereocenters. The van der Waals surface area contributed by atoms with Gasteiger partial charge in [0, 0.05) is 7.05 Å². The summed E-state index contributed by atoms with van der Waals surface area (Å²) in [6.07, 6.45) is 3.55. The van der Waals surface area contributed by atoms with Crippen LogP contribution in [-0.4, -0.2) is 55.5 Å². The maximum atomic E-state index is 12.8. The largest absolute Gasteiger partial charge is 0.485 e. The van der Waals surface area contributed by atoms with Crippen LogP contribution in [0, 0.1) is 0 Å². The first-order valence-electron chi connectivity index (χ1n) is 10.8. The van der Waals surface area contributed by atoms with Crippen LogP contribution in [0.2, 0.25) is 0 Å². The second-order valence-corrected chi connectivity index (χ2v) is 9.24. The van der Waals surface area contributed by atoms with Crippen molar-refractivity contribution in [3.63, 3.8) is 0 Å². The van der Waals surface area contributed by atoms with E-state index in [1.165, 1.54) is 0 Å². The maximum absolute atomic E-state index is 12.8. The smallest absolute Gasteiger partial charge is 0.344 e. The number of hydrogen-bond donors (Lipinski definition) is 2. The molecule has 3 heterocycles. The van der Waals surface area contributed by atoms with Crippen LogP contribution < -0.4 is 20.2 Å². The molecule has 1 spiro atoms. The Balaban J connectivity index is 1.19. The van der Waals surface area contributed by atoms with Gasteiger partial charge in [0.25, 0.3) is 5.91 Å². The molecule has 2 N–H and O–H groups in total. The molecule has 3 aliphatic rings. The quantitative estimate of drug-likeness (QED) is 0.497. The lowest BCUT2D eigenvalue weighted by Gasteiger charge is -2.30. The highest BCUT2D eigenvalue weighted by Crippen LogP contribution is 2.36. The Bertz CT molecular complexity index is 1100. The average Bonchev–Trinajstić information content (AvgIpc) is 3.30. The predicted molar refractivity (Wildman–Crippen MR) is 116 cm³/mol. The van der Waals surface area contributed by atoms with Gasteiger partial charge in [0.2, 0.25) is 5.91 Å². The number of nitrogens with zero attached hydrogens (tertiary/aromatic N) is 4. The number of hydrogen-bond acceptors (Lipinski definition) is 8. The number of ether oxygens (including phenoxy) is 2. The van der Waals surface area contributed by atoms with Crippen LogP contribution in [-0.2, 0) is 16.6 Å². The number of fused-ring (bicyclic) bond motifs is 1. The summed E-state index contributed by atoms with van der Waals surface area (Å²) in [5.41, 5.74) is 1.55. The molecule has 2 aromatic rings. The van der Waals surface area contributed by atoms with Crippen molar-refractivity contribution in [2.24, 2.45) is 7.05 Å². The summed E-state index contributed by atoms with van der Waals surface area (Å²) in [6, 6.07) is 6.81. The first kappa shape index (κ1) is 21.6. The van der Waals surface area contributed by atoms with E-state index in [2.05, 4.69) is 20.9 Å². The van der Waals surface area contributed by atoms with E-state index in [0.717, 1.165) is 36.0 Å². The number of amides is 4. The molecule has 2 aliphatic heterocycles. The highest BCUT2D eigenvalue weighted by Gasteiger charge is 2.52. The van der Waals surface area contributed by atoms with E-state index in [-0.39, 0.29) is 11.7 Å². The number of carbonyl (C=O) groups is 3. The number of imide groups is 1. The molecule has 174 valence electrons. The van der Waals surface area contributed by atoms with E-state index in [4.69, 9.17) is 9.47 Å². The first-order chi connectivity index (χ1) is 16.0. The van der Waals surface area contributed by atoms with Crippen molar-refractivity contribution in [3.8, 4) is 11.5 Å². The van der Waals surface area contributed by atoms with Gasteiger partial charge in [-0.15, -0.1) is 10.2 Å². The topological polar surface area (TPSA) is 128 Å². The summed E-state index contributed by atoms with van der Waals surface area (Å²) in [7, 11) is 1.78. The number of rotatable bonds is 5. The molecular weight excluding hydrogens is 448 g/mol. The van der Waals surface area contributed by atoms with Crippen molar-refractivity contribution in [2.45, 2.75) is 48.9 Å². The van der Waals surface area contributed by atoms with Crippen LogP contribution in [0.1, 0.15) is 44.0 Å². The minimum atomic E-state index is -0.880. The van der Waals surface area contributed by atoms with Crippen LogP contribution >= 0.6 is 11.8 Å². The van der Waals surface area contributed by atoms with Crippen LogP contribution in [0.4, 0.5) is 4.79 Å². The fourth-order valence-electron chi connectivity index (χ4n) is 4.38. The summed E-state index contributed by atoms with van der Waals surface area (Å²) in [4.78, 5) is 37.6. The molecule has 0 bridgehead atoms. The minimum absolute atomic E-state index is 0.0408. The molecule has 0 radical (unpaired) electrons. The molecule has 1 saturated heterocycles. The SMILES string of the molecule is Cn1c(SCC(=O)NN2C(=O)NC3(CCCCC3)C2=O)nnc1C1COc2ccccc2O1. The number of thioether (sulfide) groups is 1. The Morgan fingerprint density at radius 3 is 2.76 bits per heavy atom. The predicted octanol–water partition coefficient (Wildman–Crippen LogP) is 1.71. The Morgan fingerprint density at radius 1 is 1.21 bits per heavy atom. The van der Waals surface area contributed by atoms with Crippen LogP contribution in [0.3, 0.4) is 0 Å². The zero-order chi connectivity index (χ0) is 23.0. The third-order valence-electron chi connectivity index (χ3n) is 6.10. The Kier molecular flexibility index (Phi) is 5.60. The van der Waals surface area contributed by atoms with E-state index < -0.39 is 23.6 Å². The fraction of sp³-hybridized carbons (Fsp3) is 0.476. The summed E-state index contributed by atoms with van der Waals surface area (Å²) in [5.74, 6) is 0.974. The van der Waals surface area contributed by atoms with Crippen molar-refractivity contribution in [1.82, 2.24) is 30.5 Å². The molecule has 1 aromatic carbocycles. The number of hydrazine groups is 1. The van der Waals surface area contributed by atoms with E-state index in [0.29, 0.717) is 41.9 Å². The van der Waals surface area contributed by atoms with Gasteiger partial charge >= 0.3 is 6.03 Å². The second-order valence-electron chi connectivity index (χ2n) is 8.30. The summed E-state index contributed by atoms with van der Waals surface area (Å²) < 4.78 is 13.5. The Labute approximate surface area is 194 Å². The average molecular weight is 473 g/mol. The van der Waals surface area contributed by atoms with Gasteiger partial charge in [-0.2, -0.15) is 5.01 Å². The van der Waals surface area contributed by atoms with Crippen molar-refractivity contribution in [1.29, 1.82) is 0 Å². The van der Waals surface area contributed by atoms with Gasteiger partial charge in [0.1, 0.15) is 12.1 Å². The fourth-order valence-corrected chi connectivity index (χ4v) is 5.09. The monoisotopic (exact) mass is 472 g/mol. The lowest BCUT2D eigenvalue weighted by molar-refractivity contribution is -0.139. The lowest BCUT2D eigenvalue weighted by atomic mass is 9.82. The number of benzene rings is 1. The number of aromatic nitrogens is 3. The molecule has 1 aliphatic carbocycles. The van der Waals surface area contributed by atoms with Crippen LogP contribution in [0.5, 0.6) is 11.5 Å². The molecule has 1 saturated carbocycles. The molecule has 1 atom stereocenters. The van der Waals surface area contributed by atoms with Gasteiger partial charge in [-0.05, 0) is 25.0 Å². The highest BCUT2D eigenvalue weighted by molar-refractivity contribution is 7.99. The molecule has 5 rings (SSSR count). The highest BCUT2D eigenvalue weighted by atomic mass is 32.2. The number of urea groups is 1. The van der Waals surface area contributed by atoms with Crippen molar-refractivity contribution in [2.75, 3.05) is 12.4 Å². The van der Waals surface area contributed by atoms with E-state index >= 15 is 0 Å². The molecule has 11 nitrogen and oxygen atoms in total. The number of para-hydroxylation sites is 2. The van der Waals surface area contributed by atoms with Gasteiger partial charge in [-0.1, -0.05) is 43.2 Å². The maximum Gasteiger partial charge on any atom is 0.344 e. The summed E-state index contributed by atoms with van der Waals surface area (Å²) >= 11 is 1.15. The van der Waals surface area contributed by atoms with Crippen LogP contribution in [0.25, 0.3) is 0 Å². The summed E-state index contributed by atoms with van der Waals surface area (Å²) in [6.45, 7) is 0.294. The van der Waals surface area contributed by atoms with Gasteiger partial charge < -0.3 is 19.4 Å². The number of nitrogens with one attached hydrogen (secondary N) is 2. The molecule has 4 amide bonds. The zero-order valence-corrected chi connectivity index (χ0v) is 18.9. The third kappa shape index (κ3) is 3.99. The second kappa shape index (κ2) is 8.58. The van der Waals surface area contributed by atoms with Gasteiger partial charge in [0.05, 0.1) is 5.75 Å².